The lowest BCUT2D eigenvalue weighted by Gasteiger charge is -2.23. The summed E-state index contributed by atoms with van der Waals surface area (Å²) in [6.07, 6.45) is 1.66. The van der Waals surface area contributed by atoms with Gasteiger partial charge >= 0.3 is 5.69 Å². The normalized spacial score (nSPS) is 16.8. The molecule has 2 heterocycles. The minimum Gasteiger partial charge on any atom is -0.334 e. The number of likely N-dealkylation sites (tertiary alicyclic amines) is 1. The van der Waals surface area contributed by atoms with Crippen LogP contribution in [-0.2, 0) is 0 Å². The number of benzene rings is 1. The zero-order valence-corrected chi connectivity index (χ0v) is 13.8. The van der Waals surface area contributed by atoms with Crippen molar-refractivity contribution in [2.75, 3.05) is 6.54 Å². The molecule has 0 saturated carbocycles. The second-order valence-electron chi connectivity index (χ2n) is 6.09. The van der Waals surface area contributed by atoms with Crippen molar-refractivity contribution in [1.82, 2.24) is 15.1 Å². The maximum absolute atomic E-state index is 12.7. The van der Waals surface area contributed by atoms with E-state index in [2.05, 4.69) is 10.2 Å². The zero-order valence-electron chi connectivity index (χ0n) is 13.8. The summed E-state index contributed by atoms with van der Waals surface area (Å²) < 4.78 is 0. The third-order valence-corrected chi connectivity index (χ3v) is 4.45. The summed E-state index contributed by atoms with van der Waals surface area (Å²) in [5, 5.41) is 17.5. The van der Waals surface area contributed by atoms with Crippen LogP contribution in [0, 0.1) is 17.0 Å². The average molecular weight is 342 g/mol. The van der Waals surface area contributed by atoms with Gasteiger partial charge in [-0.1, -0.05) is 30.3 Å². The van der Waals surface area contributed by atoms with Crippen LogP contribution in [-0.4, -0.2) is 44.3 Å². The molecule has 1 aromatic heterocycles. The molecule has 1 aliphatic heterocycles. The third kappa shape index (κ3) is 3.28. The molecular weight excluding hydrogens is 324 g/mol. The monoisotopic (exact) mass is 342 g/mol. The van der Waals surface area contributed by atoms with Crippen LogP contribution < -0.4 is 0 Å². The molecule has 1 aliphatic rings. The highest BCUT2D eigenvalue weighted by Gasteiger charge is 2.36. The highest BCUT2D eigenvalue weighted by molar-refractivity contribution is 5.99. The van der Waals surface area contributed by atoms with Crippen LogP contribution in [0.25, 0.3) is 0 Å². The summed E-state index contributed by atoms with van der Waals surface area (Å²) in [4.78, 5) is 37.3. The Morgan fingerprint density at radius 3 is 2.76 bits per heavy atom. The summed E-state index contributed by atoms with van der Waals surface area (Å²) >= 11 is 0. The van der Waals surface area contributed by atoms with E-state index >= 15 is 0 Å². The van der Waals surface area contributed by atoms with Gasteiger partial charge in [-0.25, -0.2) is 0 Å². The molecular formula is C17H18N4O4. The quantitative estimate of drug-likeness (QED) is 0.510. The van der Waals surface area contributed by atoms with Gasteiger partial charge in [0.2, 0.25) is 5.69 Å². The lowest BCUT2D eigenvalue weighted by molar-refractivity contribution is -0.385. The maximum Gasteiger partial charge on any atom is 0.322 e. The fraction of sp³-hybridized carbons (Fsp3) is 0.353. The van der Waals surface area contributed by atoms with Crippen molar-refractivity contribution in [3.05, 3.63) is 57.4 Å². The highest BCUT2D eigenvalue weighted by atomic mass is 16.6. The number of ketones is 1. The Morgan fingerprint density at radius 1 is 1.36 bits per heavy atom. The molecule has 0 bridgehead atoms. The molecule has 0 unspecified atom stereocenters. The van der Waals surface area contributed by atoms with Crippen molar-refractivity contribution in [2.24, 2.45) is 0 Å². The van der Waals surface area contributed by atoms with Gasteiger partial charge in [0.15, 0.2) is 5.78 Å². The van der Waals surface area contributed by atoms with E-state index in [0.29, 0.717) is 18.5 Å². The lowest BCUT2D eigenvalue weighted by Crippen LogP contribution is -2.37. The largest absolute Gasteiger partial charge is 0.334 e. The van der Waals surface area contributed by atoms with Gasteiger partial charge in [0.1, 0.15) is 5.69 Å². The van der Waals surface area contributed by atoms with E-state index in [-0.39, 0.29) is 35.3 Å². The standard InChI is InChI=1S/C17H18N4O4/c1-11-16(21(24)25)15(19-18-11)17(23)20-9-5-8-13(20)10-14(22)12-6-3-2-4-7-12/h2-4,6-7,13H,5,8-10H2,1H3,(H,18,19)/t13-/m1/s1. The van der Waals surface area contributed by atoms with Gasteiger partial charge in [0.05, 0.1) is 4.92 Å². The smallest absolute Gasteiger partial charge is 0.322 e. The van der Waals surface area contributed by atoms with Gasteiger partial charge in [-0.3, -0.25) is 24.8 Å². The third-order valence-electron chi connectivity index (χ3n) is 4.45. The molecule has 1 N–H and O–H groups in total. The van der Waals surface area contributed by atoms with E-state index in [4.69, 9.17) is 0 Å². The molecule has 0 spiro atoms. The number of nitro groups is 1. The Labute approximate surface area is 144 Å². The van der Waals surface area contributed by atoms with Gasteiger partial charge < -0.3 is 4.90 Å². The van der Waals surface area contributed by atoms with Crippen LogP contribution >= 0.6 is 0 Å². The molecule has 1 atom stereocenters. The maximum atomic E-state index is 12.7. The second-order valence-corrected chi connectivity index (χ2v) is 6.09. The number of hydrogen-bond acceptors (Lipinski definition) is 5. The molecule has 8 heteroatoms. The van der Waals surface area contributed by atoms with E-state index < -0.39 is 10.8 Å². The Hall–Kier alpha value is -3.03. The predicted molar refractivity (Wildman–Crippen MR) is 89.4 cm³/mol. The van der Waals surface area contributed by atoms with E-state index in [0.717, 1.165) is 6.42 Å². The lowest BCUT2D eigenvalue weighted by atomic mass is 10.0. The number of aryl methyl sites for hydroxylation is 1. The predicted octanol–water partition coefficient (Wildman–Crippen LogP) is 2.50. The molecule has 0 aliphatic carbocycles. The van der Waals surface area contributed by atoms with Crippen molar-refractivity contribution in [1.29, 1.82) is 0 Å². The van der Waals surface area contributed by atoms with Gasteiger partial charge in [-0.15, -0.1) is 0 Å². The number of aromatic nitrogens is 2. The number of carbonyl (C=O) groups excluding carboxylic acids is 2. The number of aromatic amines is 1. The van der Waals surface area contributed by atoms with Gasteiger partial charge in [-0.05, 0) is 19.8 Å². The first kappa shape index (κ1) is 16.8. The van der Waals surface area contributed by atoms with Crippen molar-refractivity contribution < 1.29 is 14.5 Å². The minimum absolute atomic E-state index is 0.0435. The van der Waals surface area contributed by atoms with Crippen LogP contribution in [0.3, 0.4) is 0 Å². The fourth-order valence-electron chi connectivity index (χ4n) is 3.20. The number of amides is 1. The summed E-state index contributed by atoms with van der Waals surface area (Å²) in [6, 6.07) is 8.64. The molecule has 2 aromatic rings. The van der Waals surface area contributed by atoms with Gasteiger partial charge in [0, 0.05) is 24.6 Å². The molecule has 1 aromatic carbocycles. The van der Waals surface area contributed by atoms with E-state index in [1.807, 2.05) is 6.07 Å². The topological polar surface area (TPSA) is 109 Å². The molecule has 1 fully saturated rings. The number of Topliss-reactive ketones (excluding diaryl/α,β-unsaturated/α-hetero) is 1. The van der Waals surface area contributed by atoms with Crippen LogP contribution in [0.4, 0.5) is 5.69 Å². The first-order chi connectivity index (χ1) is 12.0. The molecule has 25 heavy (non-hydrogen) atoms. The van der Waals surface area contributed by atoms with Crippen LogP contribution in [0.1, 0.15) is 45.8 Å². The number of nitrogens with one attached hydrogen (secondary N) is 1. The van der Waals surface area contributed by atoms with E-state index in [9.17, 15) is 19.7 Å². The molecule has 1 amide bonds. The Morgan fingerprint density at radius 2 is 2.08 bits per heavy atom. The number of carbonyl (C=O) groups is 2. The summed E-state index contributed by atoms with van der Waals surface area (Å²) in [5.74, 6) is -0.544. The SMILES string of the molecule is Cc1[nH]nc(C(=O)N2CCC[C@@H]2CC(=O)c2ccccc2)c1[N+](=O)[O-]. The number of nitrogens with zero attached hydrogens (tertiary/aromatic N) is 3. The second kappa shape index (κ2) is 6.84. The number of H-pyrrole nitrogens is 1. The highest BCUT2D eigenvalue weighted by Crippen LogP contribution is 2.27. The van der Waals surface area contributed by atoms with E-state index in [1.54, 1.807) is 24.3 Å². The van der Waals surface area contributed by atoms with Crippen molar-refractivity contribution >= 4 is 17.4 Å². The summed E-state index contributed by atoms with van der Waals surface area (Å²) in [7, 11) is 0. The minimum atomic E-state index is -0.605. The van der Waals surface area contributed by atoms with Crippen molar-refractivity contribution in [2.45, 2.75) is 32.2 Å². The molecule has 0 radical (unpaired) electrons. The number of hydrogen-bond donors (Lipinski definition) is 1. The van der Waals surface area contributed by atoms with Gasteiger partial charge in [-0.2, -0.15) is 5.10 Å². The molecule has 8 nitrogen and oxygen atoms in total. The molecule has 130 valence electrons. The summed E-state index contributed by atoms with van der Waals surface area (Å²) in [6.45, 7) is 1.97. The Bertz CT molecular complexity index is 815. The average Bonchev–Trinajstić information content (AvgIpc) is 3.21. The van der Waals surface area contributed by atoms with E-state index in [1.165, 1.54) is 11.8 Å². The first-order valence-electron chi connectivity index (χ1n) is 8.07. The Balaban J connectivity index is 1.79. The van der Waals surface area contributed by atoms with Crippen LogP contribution in [0.15, 0.2) is 30.3 Å². The first-order valence-corrected chi connectivity index (χ1v) is 8.07. The number of rotatable bonds is 5. The fourth-order valence-corrected chi connectivity index (χ4v) is 3.20. The van der Waals surface area contributed by atoms with Crippen molar-refractivity contribution in [3.8, 4) is 0 Å². The zero-order chi connectivity index (χ0) is 18.0. The Kier molecular flexibility index (Phi) is 4.60. The molecule has 3 rings (SSSR count). The summed E-state index contributed by atoms with van der Waals surface area (Å²) in [5.41, 5.74) is 0.347. The van der Waals surface area contributed by atoms with Crippen LogP contribution in [0.5, 0.6) is 0 Å². The van der Waals surface area contributed by atoms with Crippen molar-refractivity contribution in [3.63, 3.8) is 0 Å². The van der Waals surface area contributed by atoms with Gasteiger partial charge in [0.25, 0.3) is 5.91 Å². The van der Waals surface area contributed by atoms with Crippen LogP contribution in [0.2, 0.25) is 0 Å². The molecule has 1 saturated heterocycles.